The minimum absolute atomic E-state index is 0.0412. The van der Waals surface area contributed by atoms with Crippen molar-refractivity contribution in [1.82, 2.24) is 10.6 Å². The lowest BCUT2D eigenvalue weighted by Gasteiger charge is -2.18. The van der Waals surface area contributed by atoms with Crippen molar-refractivity contribution < 1.29 is 19.4 Å². The molecule has 2 atom stereocenters. The van der Waals surface area contributed by atoms with Crippen LogP contribution in [0.1, 0.15) is 18.4 Å². The molecular formula is C16H21N3O4. The number of fused-ring (bicyclic) bond motifs is 1. The maximum Gasteiger partial charge on any atom is 0.237 e. The third kappa shape index (κ3) is 4.00. The number of aliphatic hydroxyl groups is 1. The molecule has 124 valence electrons. The number of aryl methyl sites for hydroxylation is 1. The minimum atomic E-state index is -0.446. The molecule has 23 heavy (non-hydrogen) atoms. The predicted molar refractivity (Wildman–Crippen MR) is 84.3 cm³/mol. The van der Waals surface area contributed by atoms with Gasteiger partial charge in [0.15, 0.2) is 0 Å². The zero-order valence-corrected chi connectivity index (χ0v) is 12.8. The number of carbonyl (C=O) groups excluding carboxylic acids is 2. The van der Waals surface area contributed by atoms with Crippen molar-refractivity contribution in [2.24, 2.45) is 0 Å². The highest BCUT2D eigenvalue weighted by molar-refractivity contribution is 5.94. The molecule has 7 heteroatoms. The highest BCUT2D eigenvalue weighted by atomic mass is 16.5. The Bertz CT molecular complexity index is 605. The Labute approximate surface area is 134 Å². The van der Waals surface area contributed by atoms with Crippen LogP contribution in [0.2, 0.25) is 0 Å². The molecule has 2 heterocycles. The molecule has 0 radical (unpaired) electrons. The van der Waals surface area contributed by atoms with Crippen LogP contribution in [0.5, 0.6) is 5.75 Å². The molecule has 0 aromatic heterocycles. The number of carbonyl (C=O) groups is 2. The van der Waals surface area contributed by atoms with Crippen LogP contribution < -0.4 is 20.7 Å². The summed E-state index contributed by atoms with van der Waals surface area (Å²) in [5, 5.41) is 18.0. The number of nitrogens with one attached hydrogen (secondary N) is 3. The van der Waals surface area contributed by atoms with E-state index in [1.54, 1.807) is 6.07 Å². The number of benzene rings is 1. The maximum atomic E-state index is 11.8. The molecule has 4 N–H and O–H groups in total. The summed E-state index contributed by atoms with van der Waals surface area (Å²) in [5.41, 5.74) is 1.91. The third-order valence-corrected chi connectivity index (χ3v) is 4.07. The second-order valence-corrected chi connectivity index (χ2v) is 5.86. The molecule has 7 nitrogen and oxygen atoms in total. The molecule has 3 rings (SSSR count). The molecule has 1 saturated heterocycles. The summed E-state index contributed by atoms with van der Waals surface area (Å²) in [6.45, 7) is 1.23. The number of amides is 2. The number of ether oxygens (including phenoxy) is 1. The van der Waals surface area contributed by atoms with Crippen LogP contribution in [0.3, 0.4) is 0 Å². The summed E-state index contributed by atoms with van der Waals surface area (Å²) < 4.78 is 5.64. The van der Waals surface area contributed by atoms with E-state index in [4.69, 9.17) is 4.74 Å². The first kappa shape index (κ1) is 15.8. The molecule has 2 aliphatic rings. The molecule has 0 spiro atoms. The second-order valence-electron chi connectivity index (χ2n) is 5.86. The normalized spacial score (nSPS) is 23.1. The monoisotopic (exact) mass is 319 g/mol. The van der Waals surface area contributed by atoms with Crippen LogP contribution >= 0.6 is 0 Å². The average Bonchev–Trinajstić information content (AvgIpc) is 2.98. The maximum absolute atomic E-state index is 11.8. The van der Waals surface area contributed by atoms with Gasteiger partial charge in [0, 0.05) is 18.7 Å². The third-order valence-electron chi connectivity index (χ3n) is 4.07. The molecule has 0 aliphatic carbocycles. The standard InChI is InChI=1S/C16H21N3O4/c20-11-8-14(18-9-11)16(22)17-5-6-23-12-2-3-13-10(7-12)1-4-15(21)19-13/h2-3,7,11,14,18,20H,1,4-6,8-9H2,(H,17,22)(H,19,21)/t11-,14+/m0/s1. The van der Waals surface area contributed by atoms with E-state index in [2.05, 4.69) is 16.0 Å². The lowest BCUT2D eigenvalue weighted by atomic mass is 10.0. The lowest BCUT2D eigenvalue weighted by Crippen LogP contribution is -2.41. The molecule has 0 saturated carbocycles. The van der Waals surface area contributed by atoms with Crippen LogP contribution in [-0.2, 0) is 16.0 Å². The van der Waals surface area contributed by atoms with Crippen molar-refractivity contribution in [1.29, 1.82) is 0 Å². The Balaban J connectivity index is 1.42. The Kier molecular flexibility index (Phi) is 4.78. The molecule has 2 aliphatic heterocycles. The van der Waals surface area contributed by atoms with E-state index in [-0.39, 0.29) is 17.9 Å². The summed E-state index contributed by atoms with van der Waals surface area (Å²) in [4.78, 5) is 23.2. The van der Waals surface area contributed by atoms with Crippen molar-refractivity contribution in [2.75, 3.05) is 25.0 Å². The average molecular weight is 319 g/mol. The van der Waals surface area contributed by atoms with Crippen LogP contribution in [0, 0.1) is 0 Å². The lowest BCUT2D eigenvalue weighted by molar-refractivity contribution is -0.123. The fraction of sp³-hybridized carbons (Fsp3) is 0.500. The van der Waals surface area contributed by atoms with Gasteiger partial charge in [-0.3, -0.25) is 9.59 Å². The van der Waals surface area contributed by atoms with Gasteiger partial charge in [-0.25, -0.2) is 0 Å². The fourth-order valence-corrected chi connectivity index (χ4v) is 2.83. The van der Waals surface area contributed by atoms with Crippen molar-refractivity contribution in [3.8, 4) is 5.75 Å². The van der Waals surface area contributed by atoms with Crippen molar-refractivity contribution >= 4 is 17.5 Å². The first-order valence-electron chi connectivity index (χ1n) is 7.86. The van der Waals surface area contributed by atoms with Gasteiger partial charge in [-0.2, -0.15) is 0 Å². The number of anilines is 1. The zero-order chi connectivity index (χ0) is 16.2. The van der Waals surface area contributed by atoms with Crippen molar-refractivity contribution in [2.45, 2.75) is 31.4 Å². The first-order valence-corrected chi connectivity index (χ1v) is 7.86. The van der Waals surface area contributed by atoms with Gasteiger partial charge in [0.1, 0.15) is 12.4 Å². The van der Waals surface area contributed by atoms with Crippen molar-refractivity contribution in [3.05, 3.63) is 23.8 Å². The summed E-state index contributed by atoms with van der Waals surface area (Å²) in [5.74, 6) is 0.654. The highest BCUT2D eigenvalue weighted by Crippen LogP contribution is 2.26. The number of rotatable bonds is 5. The van der Waals surface area contributed by atoms with Gasteiger partial charge in [0.25, 0.3) is 0 Å². The molecule has 2 amide bonds. The van der Waals surface area contributed by atoms with Gasteiger partial charge >= 0.3 is 0 Å². The van der Waals surface area contributed by atoms with E-state index in [1.165, 1.54) is 0 Å². The van der Waals surface area contributed by atoms with E-state index in [9.17, 15) is 14.7 Å². The van der Waals surface area contributed by atoms with E-state index in [1.807, 2.05) is 12.1 Å². The summed E-state index contributed by atoms with van der Waals surface area (Å²) in [6.07, 6.45) is 1.21. The van der Waals surface area contributed by atoms with E-state index in [0.29, 0.717) is 39.0 Å². The highest BCUT2D eigenvalue weighted by Gasteiger charge is 2.27. The van der Waals surface area contributed by atoms with E-state index >= 15 is 0 Å². The van der Waals surface area contributed by atoms with Crippen LogP contribution in [0.15, 0.2) is 18.2 Å². The molecular weight excluding hydrogens is 298 g/mol. The topological polar surface area (TPSA) is 99.7 Å². The fourth-order valence-electron chi connectivity index (χ4n) is 2.83. The quantitative estimate of drug-likeness (QED) is 0.563. The molecule has 1 aromatic rings. The Hall–Kier alpha value is -2.12. The molecule has 0 bridgehead atoms. The van der Waals surface area contributed by atoms with Crippen LogP contribution in [-0.4, -0.2) is 48.8 Å². The minimum Gasteiger partial charge on any atom is -0.492 e. The summed E-state index contributed by atoms with van der Waals surface area (Å²) in [7, 11) is 0. The van der Waals surface area contributed by atoms with Gasteiger partial charge in [-0.05, 0) is 36.6 Å². The van der Waals surface area contributed by atoms with Gasteiger partial charge in [-0.15, -0.1) is 0 Å². The van der Waals surface area contributed by atoms with Gasteiger partial charge in [0.05, 0.1) is 18.7 Å². The number of hydrogen-bond donors (Lipinski definition) is 4. The number of β-amino-alcohol motifs (C(OH)–C–C–N with tert-alkyl or cyclic N) is 1. The largest absolute Gasteiger partial charge is 0.492 e. The Morgan fingerprint density at radius 3 is 3.04 bits per heavy atom. The zero-order valence-electron chi connectivity index (χ0n) is 12.8. The molecule has 1 aromatic carbocycles. The number of aliphatic hydroxyl groups excluding tert-OH is 1. The smallest absolute Gasteiger partial charge is 0.237 e. The Morgan fingerprint density at radius 1 is 1.39 bits per heavy atom. The Morgan fingerprint density at radius 2 is 2.26 bits per heavy atom. The molecule has 0 unspecified atom stereocenters. The summed E-state index contributed by atoms with van der Waals surface area (Å²) >= 11 is 0. The van der Waals surface area contributed by atoms with Gasteiger partial charge in [-0.1, -0.05) is 0 Å². The van der Waals surface area contributed by atoms with E-state index in [0.717, 1.165) is 17.0 Å². The predicted octanol–water partition coefficient (Wildman–Crippen LogP) is -0.211. The first-order chi connectivity index (χ1) is 11.1. The summed E-state index contributed by atoms with van der Waals surface area (Å²) in [6, 6.07) is 5.24. The van der Waals surface area contributed by atoms with Crippen molar-refractivity contribution in [3.63, 3.8) is 0 Å². The van der Waals surface area contributed by atoms with Gasteiger partial charge in [0.2, 0.25) is 11.8 Å². The second kappa shape index (κ2) is 6.97. The molecule has 1 fully saturated rings. The van der Waals surface area contributed by atoms with Crippen LogP contribution in [0.4, 0.5) is 5.69 Å². The van der Waals surface area contributed by atoms with Crippen LogP contribution in [0.25, 0.3) is 0 Å². The SMILES string of the molecule is O=C1CCc2cc(OCCNC(=O)[C@H]3C[C@H](O)CN3)ccc2N1. The number of hydrogen-bond acceptors (Lipinski definition) is 5. The van der Waals surface area contributed by atoms with E-state index < -0.39 is 6.10 Å². The van der Waals surface area contributed by atoms with Gasteiger partial charge < -0.3 is 25.8 Å².